The summed E-state index contributed by atoms with van der Waals surface area (Å²) >= 11 is 0. The lowest BCUT2D eigenvalue weighted by Gasteiger charge is -1.79. The van der Waals surface area contributed by atoms with Crippen LogP contribution in [0.2, 0.25) is 0 Å². The molecule has 0 amide bonds. The average molecular weight is 113 g/mol. The minimum Gasteiger partial charge on any atom is -0.253 e. The predicted molar refractivity (Wildman–Crippen MR) is 29.1 cm³/mol. The molecule has 0 saturated carbocycles. The normalized spacial score (nSPS) is 9.88. The van der Waals surface area contributed by atoms with Crippen LogP contribution >= 0.6 is 0 Å². The first kappa shape index (κ1) is 5.31. The van der Waals surface area contributed by atoms with Gasteiger partial charge in [-0.1, -0.05) is 0 Å². The molecule has 3 heteroatoms. The van der Waals surface area contributed by atoms with Gasteiger partial charge in [-0.2, -0.15) is 9.13 Å². The van der Waals surface area contributed by atoms with Crippen LogP contribution in [0.15, 0.2) is 12.4 Å². The lowest BCUT2D eigenvalue weighted by atomic mass is 10.9. The van der Waals surface area contributed by atoms with Crippen molar-refractivity contribution in [3.05, 3.63) is 12.4 Å². The van der Waals surface area contributed by atoms with E-state index >= 15 is 0 Å². The van der Waals surface area contributed by atoms with E-state index in [1.165, 1.54) is 0 Å². The van der Waals surface area contributed by atoms with Gasteiger partial charge in [0.05, 0.1) is 14.1 Å². The smallest absolute Gasteiger partial charge is 0.253 e. The molecule has 0 aliphatic rings. The van der Waals surface area contributed by atoms with Gasteiger partial charge in [0.15, 0.2) is 0 Å². The average Bonchev–Trinajstić information content (AvgIpc) is 1.98. The molecule has 0 fully saturated rings. The Labute approximate surface area is 48.3 Å². The molecule has 8 heavy (non-hydrogen) atoms. The maximum Gasteiger partial charge on any atom is 0.450 e. The summed E-state index contributed by atoms with van der Waals surface area (Å²) in [6, 6.07) is 0. The fourth-order valence-corrected chi connectivity index (χ4v) is 0.621. The Morgan fingerprint density at radius 3 is 2.50 bits per heavy atom. The van der Waals surface area contributed by atoms with Crippen LogP contribution in [0.3, 0.4) is 0 Å². The summed E-state index contributed by atoms with van der Waals surface area (Å²) in [5.74, 6) is 1.02. The van der Waals surface area contributed by atoms with Crippen molar-refractivity contribution in [3.8, 4) is 0 Å². The minimum atomic E-state index is 1.02. The fraction of sp³-hybridized carbons (Fsp3) is 0.400. The van der Waals surface area contributed by atoms with Crippen molar-refractivity contribution < 1.29 is 10.3 Å². The minimum absolute atomic E-state index is 1.02. The Hall–Kier alpha value is -0.830. The van der Waals surface area contributed by atoms with Crippen molar-refractivity contribution >= 4 is 5.95 Å². The highest BCUT2D eigenvalue weighted by atomic mass is 15.2. The Morgan fingerprint density at radius 2 is 2.38 bits per heavy atom. The molecular weight excluding hydrogens is 102 g/mol. The van der Waals surface area contributed by atoms with Crippen LogP contribution in [0.5, 0.6) is 0 Å². The molecule has 0 atom stereocenters. The first-order valence-electron chi connectivity index (χ1n) is 2.54. The van der Waals surface area contributed by atoms with E-state index in [1.807, 2.05) is 35.6 Å². The Kier molecular flexibility index (Phi) is 1.06. The highest BCUT2D eigenvalue weighted by molar-refractivity contribution is 4.91. The SMILES string of the molecule is Cn1cc[n+](C)c1[NH3+]. The summed E-state index contributed by atoms with van der Waals surface area (Å²) in [7, 11) is 3.95. The number of imidazole rings is 1. The summed E-state index contributed by atoms with van der Waals surface area (Å²) in [5.41, 5.74) is 3.81. The highest BCUT2D eigenvalue weighted by Gasteiger charge is 2.06. The number of aryl methyl sites for hydroxylation is 2. The van der Waals surface area contributed by atoms with Gasteiger partial charge in [0, 0.05) is 0 Å². The van der Waals surface area contributed by atoms with Crippen molar-refractivity contribution in [2.24, 2.45) is 14.1 Å². The lowest BCUT2D eigenvalue weighted by molar-refractivity contribution is -0.703. The number of quaternary nitrogens is 1. The number of hydrogen-bond acceptors (Lipinski definition) is 0. The van der Waals surface area contributed by atoms with Crippen molar-refractivity contribution in [2.75, 3.05) is 0 Å². The second-order valence-corrected chi connectivity index (χ2v) is 1.94. The summed E-state index contributed by atoms with van der Waals surface area (Å²) in [6.07, 6.45) is 3.95. The summed E-state index contributed by atoms with van der Waals surface area (Å²) in [4.78, 5) is 0. The van der Waals surface area contributed by atoms with Gasteiger partial charge in [-0.15, -0.1) is 0 Å². The van der Waals surface area contributed by atoms with E-state index in [-0.39, 0.29) is 0 Å². The molecule has 1 rings (SSSR count). The molecule has 3 N–H and O–H groups in total. The highest BCUT2D eigenvalue weighted by Crippen LogP contribution is 1.84. The second-order valence-electron chi connectivity index (χ2n) is 1.94. The first-order chi connectivity index (χ1) is 3.72. The molecule has 3 nitrogen and oxygen atoms in total. The van der Waals surface area contributed by atoms with Crippen LogP contribution in [0, 0.1) is 0 Å². The van der Waals surface area contributed by atoms with Crippen LogP contribution < -0.4 is 10.3 Å². The van der Waals surface area contributed by atoms with Gasteiger partial charge in [-0.25, -0.2) is 0 Å². The Bertz CT molecular complexity index is 170. The van der Waals surface area contributed by atoms with Crippen LogP contribution in [0.4, 0.5) is 5.95 Å². The van der Waals surface area contributed by atoms with Crippen LogP contribution in [-0.2, 0) is 14.1 Å². The van der Waals surface area contributed by atoms with E-state index in [1.54, 1.807) is 0 Å². The van der Waals surface area contributed by atoms with Gasteiger partial charge in [0.2, 0.25) is 0 Å². The van der Waals surface area contributed by atoms with E-state index in [0.717, 1.165) is 5.95 Å². The number of aromatic nitrogens is 2. The van der Waals surface area contributed by atoms with E-state index in [2.05, 4.69) is 5.73 Å². The van der Waals surface area contributed by atoms with E-state index in [0.29, 0.717) is 0 Å². The van der Waals surface area contributed by atoms with Gasteiger partial charge in [0.25, 0.3) is 0 Å². The molecule has 44 valence electrons. The third kappa shape index (κ3) is 0.607. The summed E-state index contributed by atoms with van der Waals surface area (Å²) < 4.78 is 3.94. The zero-order chi connectivity index (χ0) is 6.15. The Morgan fingerprint density at radius 1 is 1.75 bits per heavy atom. The zero-order valence-corrected chi connectivity index (χ0v) is 5.26. The molecule has 1 aromatic heterocycles. The predicted octanol–water partition coefficient (Wildman–Crippen LogP) is -1.28. The monoisotopic (exact) mass is 113 g/mol. The molecule has 0 aromatic carbocycles. The number of nitrogens with zero attached hydrogens (tertiary/aromatic N) is 2. The van der Waals surface area contributed by atoms with Gasteiger partial charge in [0.1, 0.15) is 12.4 Å². The van der Waals surface area contributed by atoms with E-state index in [9.17, 15) is 0 Å². The molecule has 0 aliphatic heterocycles. The van der Waals surface area contributed by atoms with Gasteiger partial charge in [-0.3, -0.25) is 5.73 Å². The van der Waals surface area contributed by atoms with Gasteiger partial charge >= 0.3 is 5.95 Å². The maximum atomic E-state index is 3.81. The molecule has 0 unspecified atom stereocenters. The summed E-state index contributed by atoms with van der Waals surface area (Å²) in [6.45, 7) is 0. The molecule has 0 aliphatic carbocycles. The van der Waals surface area contributed by atoms with Crippen molar-refractivity contribution in [3.63, 3.8) is 0 Å². The summed E-state index contributed by atoms with van der Waals surface area (Å²) in [5, 5.41) is 0. The quantitative estimate of drug-likeness (QED) is 0.407. The molecule has 0 radical (unpaired) electrons. The largest absolute Gasteiger partial charge is 0.450 e. The third-order valence-corrected chi connectivity index (χ3v) is 1.33. The molecule has 0 bridgehead atoms. The van der Waals surface area contributed by atoms with E-state index < -0.39 is 0 Å². The number of hydrogen-bond donors (Lipinski definition) is 1. The zero-order valence-electron chi connectivity index (χ0n) is 5.26. The molecule has 0 spiro atoms. The lowest BCUT2D eigenvalue weighted by Crippen LogP contribution is -2.53. The fourth-order valence-electron chi connectivity index (χ4n) is 0.621. The van der Waals surface area contributed by atoms with Gasteiger partial charge < -0.3 is 0 Å². The van der Waals surface area contributed by atoms with Crippen LogP contribution in [0.1, 0.15) is 0 Å². The van der Waals surface area contributed by atoms with Crippen LogP contribution in [0.25, 0.3) is 0 Å². The number of rotatable bonds is 0. The van der Waals surface area contributed by atoms with Crippen molar-refractivity contribution in [1.82, 2.24) is 4.57 Å². The molecular formula is C5H11N3+2. The standard InChI is InChI=1S/C5H9N3/c1-7-3-4-8(2)5(7)6/h3-4,6H,1-2H3/p+2. The second kappa shape index (κ2) is 1.59. The van der Waals surface area contributed by atoms with E-state index in [4.69, 9.17) is 0 Å². The molecule has 1 aromatic rings. The van der Waals surface area contributed by atoms with Crippen molar-refractivity contribution in [1.29, 1.82) is 0 Å². The van der Waals surface area contributed by atoms with Crippen LogP contribution in [-0.4, -0.2) is 4.57 Å². The first-order valence-corrected chi connectivity index (χ1v) is 2.54. The molecule has 0 saturated heterocycles. The topological polar surface area (TPSA) is 36.5 Å². The third-order valence-electron chi connectivity index (χ3n) is 1.33. The maximum absolute atomic E-state index is 3.81. The Balaban J connectivity index is 3.19. The molecule has 1 heterocycles. The van der Waals surface area contributed by atoms with Gasteiger partial charge in [-0.05, 0) is 0 Å². The van der Waals surface area contributed by atoms with Crippen molar-refractivity contribution in [2.45, 2.75) is 0 Å².